The Kier molecular flexibility index (Phi) is 5.77. The minimum atomic E-state index is -4.41. The highest BCUT2D eigenvalue weighted by atomic mass is 19.4. The quantitative estimate of drug-likeness (QED) is 0.872. The van der Waals surface area contributed by atoms with Gasteiger partial charge in [0, 0.05) is 24.7 Å². The second kappa shape index (κ2) is 7.39. The van der Waals surface area contributed by atoms with Gasteiger partial charge in [-0.2, -0.15) is 13.2 Å². The first-order valence-corrected chi connectivity index (χ1v) is 7.54. The number of piperidine rings is 1. The smallest absolute Gasteiger partial charge is 0.392 e. The molecule has 0 radical (unpaired) electrons. The van der Waals surface area contributed by atoms with Crippen LogP contribution in [0.4, 0.5) is 13.2 Å². The highest BCUT2D eigenvalue weighted by Gasteiger charge is 2.33. The summed E-state index contributed by atoms with van der Waals surface area (Å²) in [5, 5.41) is 9.82. The molecular formula is C15H22F3N3O. The van der Waals surface area contributed by atoms with Crippen molar-refractivity contribution >= 4 is 0 Å². The summed E-state index contributed by atoms with van der Waals surface area (Å²) in [6, 6.07) is 4.06. The Bertz CT molecular complexity index is 481. The number of aliphatic hydroxyl groups is 1. The van der Waals surface area contributed by atoms with E-state index in [-0.39, 0.29) is 5.92 Å². The molecule has 2 rings (SSSR count). The molecule has 1 fully saturated rings. The average molecular weight is 317 g/mol. The molecule has 4 nitrogen and oxygen atoms in total. The van der Waals surface area contributed by atoms with E-state index in [4.69, 9.17) is 5.73 Å². The first-order valence-electron chi connectivity index (χ1n) is 7.54. The molecule has 1 aromatic heterocycles. The number of aliphatic hydroxyl groups excluding tert-OH is 1. The van der Waals surface area contributed by atoms with Gasteiger partial charge in [-0.25, -0.2) is 4.98 Å². The number of β-amino-alcohol motifs (C(OH)–C–C–N with tert-alkyl or cyclic N) is 1. The summed E-state index contributed by atoms with van der Waals surface area (Å²) >= 11 is 0. The minimum Gasteiger partial charge on any atom is -0.392 e. The van der Waals surface area contributed by atoms with Crippen molar-refractivity contribution < 1.29 is 18.3 Å². The Hall–Kier alpha value is -1.18. The van der Waals surface area contributed by atoms with Gasteiger partial charge in [-0.15, -0.1) is 0 Å². The maximum absolute atomic E-state index is 12.8. The van der Waals surface area contributed by atoms with Crippen molar-refractivity contribution in [2.75, 3.05) is 26.2 Å². The van der Waals surface area contributed by atoms with E-state index in [0.717, 1.165) is 25.5 Å². The van der Waals surface area contributed by atoms with Crippen LogP contribution in [0, 0.1) is 0 Å². The molecular weight excluding hydrogens is 295 g/mol. The third kappa shape index (κ3) is 4.66. The zero-order valence-corrected chi connectivity index (χ0v) is 12.4. The summed E-state index contributed by atoms with van der Waals surface area (Å²) in [5.41, 5.74) is 5.05. The van der Waals surface area contributed by atoms with Gasteiger partial charge in [0.25, 0.3) is 0 Å². The summed E-state index contributed by atoms with van der Waals surface area (Å²) in [7, 11) is 0. The highest BCUT2D eigenvalue weighted by Crippen LogP contribution is 2.31. The second-order valence-corrected chi connectivity index (χ2v) is 5.78. The molecule has 2 heterocycles. The number of nitrogens with zero attached hydrogens (tertiary/aromatic N) is 2. The first-order chi connectivity index (χ1) is 10.4. The Morgan fingerprint density at radius 2 is 2.18 bits per heavy atom. The molecule has 1 aromatic rings. The molecule has 1 saturated heterocycles. The lowest BCUT2D eigenvalue weighted by molar-refractivity contribution is -0.141. The van der Waals surface area contributed by atoms with Crippen molar-refractivity contribution in [1.82, 2.24) is 9.88 Å². The monoisotopic (exact) mass is 317 g/mol. The van der Waals surface area contributed by atoms with E-state index in [1.165, 1.54) is 6.07 Å². The predicted molar refractivity (Wildman–Crippen MR) is 77.3 cm³/mol. The molecule has 0 bridgehead atoms. The number of nitrogens with two attached hydrogens (primary N) is 1. The van der Waals surface area contributed by atoms with Gasteiger partial charge in [0.05, 0.1) is 6.10 Å². The molecule has 2 atom stereocenters. The third-order valence-electron chi connectivity index (χ3n) is 3.95. The van der Waals surface area contributed by atoms with Crippen molar-refractivity contribution in [3.8, 4) is 0 Å². The maximum Gasteiger partial charge on any atom is 0.433 e. The Morgan fingerprint density at radius 1 is 1.41 bits per heavy atom. The molecule has 1 aliphatic heterocycles. The standard InChI is InChI=1S/C15H22F3N3O/c16-15(17,18)14-5-1-4-13(20-14)11-3-2-8-21(9-11)10-12(22)6-7-19/h1,4-5,11-12,22H,2-3,6-10,19H2. The zero-order valence-electron chi connectivity index (χ0n) is 12.4. The van der Waals surface area contributed by atoms with Crippen LogP contribution < -0.4 is 5.73 Å². The lowest BCUT2D eigenvalue weighted by Gasteiger charge is -2.33. The van der Waals surface area contributed by atoms with Gasteiger partial charge in [-0.1, -0.05) is 6.07 Å². The van der Waals surface area contributed by atoms with Gasteiger partial charge in [-0.3, -0.25) is 0 Å². The van der Waals surface area contributed by atoms with Gasteiger partial charge in [0.15, 0.2) is 0 Å². The fraction of sp³-hybridized carbons (Fsp3) is 0.667. The van der Waals surface area contributed by atoms with E-state index in [1.807, 2.05) is 0 Å². The van der Waals surface area contributed by atoms with E-state index in [2.05, 4.69) is 9.88 Å². The number of halogens is 3. The third-order valence-corrected chi connectivity index (χ3v) is 3.95. The fourth-order valence-electron chi connectivity index (χ4n) is 2.88. The predicted octanol–water partition coefficient (Wildman–Crippen LogP) is 1.99. The van der Waals surface area contributed by atoms with Crippen molar-refractivity contribution in [2.45, 2.75) is 37.5 Å². The van der Waals surface area contributed by atoms with Crippen molar-refractivity contribution in [2.24, 2.45) is 5.73 Å². The second-order valence-electron chi connectivity index (χ2n) is 5.78. The molecule has 124 valence electrons. The van der Waals surface area contributed by atoms with E-state index in [1.54, 1.807) is 6.07 Å². The molecule has 1 aliphatic rings. The van der Waals surface area contributed by atoms with Crippen molar-refractivity contribution in [3.05, 3.63) is 29.6 Å². The van der Waals surface area contributed by atoms with E-state index >= 15 is 0 Å². The molecule has 0 aliphatic carbocycles. The number of hydrogen-bond donors (Lipinski definition) is 2. The molecule has 3 N–H and O–H groups in total. The number of alkyl halides is 3. The van der Waals surface area contributed by atoms with Crippen LogP contribution in [0.5, 0.6) is 0 Å². The summed E-state index contributed by atoms with van der Waals surface area (Å²) < 4.78 is 38.3. The van der Waals surface area contributed by atoms with Crippen LogP contribution in [0.15, 0.2) is 18.2 Å². The number of hydrogen-bond acceptors (Lipinski definition) is 4. The first kappa shape index (κ1) is 17.2. The summed E-state index contributed by atoms with van der Waals surface area (Å²) in [5.74, 6) is -0.0267. The van der Waals surface area contributed by atoms with Crippen LogP contribution in [-0.4, -0.2) is 47.3 Å². The van der Waals surface area contributed by atoms with Gasteiger partial charge in [0.1, 0.15) is 5.69 Å². The molecule has 0 spiro atoms. The number of rotatable bonds is 5. The Morgan fingerprint density at radius 3 is 2.86 bits per heavy atom. The van der Waals surface area contributed by atoms with E-state index in [9.17, 15) is 18.3 Å². The molecule has 0 amide bonds. The van der Waals surface area contributed by atoms with Crippen LogP contribution >= 0.6 is 0 Å². The zero-order chi connectivity index (χ0) is 16.2. The fourth-order valence-corrected chi connectivity index (χ4v) is 2.88. The average Bonchev–Trinajstić information content (AvgIpc) is 2.47. The van der Waals surface area contributed by atoms with Crippen LogP contribution in [0.2, 0.25) is 0 Å². The lowest BCUT2D eigenvalue weighted by atomic mass is 9.93. The number of pyridine rings is 1. The summed E-state index contributed by atoms with van der Waals surface area (Å²) in [6.07, 6.45) is -2.67. The largest absolute Gasteiger partial charge is 0.433 e. The number of likely N-dealkylation sites (tertiary alicyclic amines) is 1. The minimum absolute atomic E-state index is 0.0267. The van der Waals surface area contributed by atoms with Gasteiger partial charge in [-0.05, 0) is 44.5 Å². The Labute approximate surface area is 128 Å². The molecule has 7 heteroatoms. The van der Waals surface area contributed by atoms with Gasteiger partial charge >= 0.3 is 6.18 Å². The Balaban J connectivity index is 2.03. The number of aromatic nitrogens is 1. The van der Waals surface area contributed by atoms with Crippen molar-refractivity contribution in [3.63, 3.8) is 0 Å². The molecule has 22 heavy (non-hydrogen) atoms. The van der Waals surface area contributed by atoms with E-state index in [0.29, 0.717) is 31.7 Å². The summed E-state index contributed by atoms with van der Waals surface area (Å²) in [4.78, 5) is 5.86. The van der Waals surface area contributed by atoms with Gasteiger partial charge < -0.3 is 15.7 Å². The normalized spacial score (nSPS) is 21.8. The maximum atomic E-state index is 12.8. The van der Waals surface area contributed by atoms with Crippen LogP contribution in [-0.2, 0) is 6.18 Å². The SMILES string of the molecule is NCCC(O)CN1CCCC(c2cccc(C(F)(F)F)n2)C1. The van der Waals surface area contributed by atoms with Gasteiger partial charge in [0.2, 0.25) is 0 Å². The molecule has 0 saturated carbocycles. The van der Waals surface area contributed by atoms with Crippen LogP contribution in [0.3, 0.4) is 0 Å². The van der Waals surface area contributed by atoms with Crippen molar-refractivity contribution in [1.29, 1.82) is 0 Å². The van der Waals surface area contributed by atoms with Crippen LogP contribution in [0.25, 0.3) is 0 Å². The molecule has 0 aromatic carbocycles. The van der Waals surface area contributed by atoms with E-state index < -0.39 is 18.0 Å². The van der Waals surface area contributed by atoms with Crippen LogP contribution in [0.1, 0.15) is 36.6 Å². The molecule has 2 unspecified atom stereocenters. The summed E-state index contributed by atoms with van der Waals surface area (Å²) in [6.45, 7) is 2.40. The topological polar surface area (TPSA) is 62.4 Å². The lowest BCUT2D eigenvalue weighted by Crippen LogP contribution is -2.40. The highest BCUT2D eigenvalue weighted by molar-refractivity contribution is 5.17.